The molecule has 182 valence electrons. The maximum absolute atomic E-state index is 12.6. The number of urea groups is 1. The number of nitrogens with zero attached hydrogens (tertiary/aromatic N) is 4. The van der Waals surface area contributed by atoms with Crippen LogP contribution in [0.15, 0.2) is 41.3 Å². The first-order valence-corrected chi connectivity index (χ1v) is 12.4. The van der Waals surface area contributed by atoms with Crippen molar-refractivity contribution in [2.45, 2.75) is 44.7 Å². The summed E-state index contributed by atoms with van der Waals surface area (Å²) in [6.07, 6.45) is 6.25. The van der Waals surface area contributed by atoms with Gasteiger partial charge in [-0.05, 0) is 68.3 Å². The van der Waals surface area contributed by atoms with Gasteiger partial charge in [-0.2, -0.15) is 4.98 Å². The van der Waals surface area contributed by atoms with Crippen LogP contribution in [0.2, 0.25) is 0 Å². The number of carbonyl (C=O) groups is 1. The minimum Gasteiger partial charge on any atom is -0.328 e. The molecule has 1 aromatic carbocycles. The molecule has 34 heavy (non-hydrogen) atoms. The Balaban J connectivity index is 1.18. The highest BCUT2D eigenvalue weighted by atomic mass is 16.2. The van der Waals surface area contributed by atoms with Crippen molar-refractivity contribution in [1.82, 2.24) is 24.7 Å². The number of nitrogens with two attached hydrogens (primary N) is 1. The molecule has 5 rings (SSSR count). The van der Waals surface area contributed by atoms with Gasteiger partial charge in [0.25, 0.3) is 0 Å². The van der Waals surface area contributed by atoms with Crippen molar-refractivity contribution >= 4 is 11.8 Å². The molecule has 2 aromatic rings. The van der Waals surface area contributed by atoms with E-state index in [9.17, 15) is 9.59 Å². The van der Waals surface area contributed by atoms with Gasteiger partial charge in [-0.1, -0.05) is 12.1 Å². The van der Waals surface area contributed by atoms with Crippen LogP contribution in [0, 0.1) is 5.41 Å². The third-order valence-electron chi connectivity index (χ3n) is 7.67. The summed E-state index contributed by atoms with van der Waals surface area (Å²) in [5, 5.41) is 5.94. The first-order valence-electron chi connectivity index (χ1n) is 12.4. The van der Waals surface area contributed by atoms with Crippen LogP contribution >= 0.6 is 0 Å². The summed E-state index contributed by atoms with van der Waals surface area (Å²) in [6, 6.07) is 10.4. The maximum Gasteiger partial charge on any atom is 0.354 e. The molecule has 0 bridgehead atoms. The van der Waals surface area contributed by atoms with E-state index in [2.05, 4.69) is 39.6 Å². The molecule has 3 aliphatic rings. The Morgan fingerprint density at radius 2 is 1.94 bits per heavy atom. The van der Waals surface area contributed by atoms with E-state index in [-0.39, 0.29) is 11.8 Å². The second-order valence-corrected chi connectivity index (χ2v) is 10.2. The summed E-state index contributed by atoms with van der Waals surface area (Å²) in [5.41, 5.74) is 8.11. The molecule has 1 unspecified atom stereocenters. The lowest BCUT2D eigenvalue weighted by Gasteiger charge is -2.44. The number of likely N-dealkylation sites (tertiary alicyclic amines) is 1. The third kappa shape index (κ3) is 4.87. The van der Waals surface area contributed by atoms with Gasteiger partial charge in [0.15, 0.2) is 0 Å². The average molecular weight is 466 g/mol. The smallest absolute Gasteiger partial charge is 0.328 e. The van der Waals surface area contributed by atoms with E-state index in [4.69, 9.17) is 5.73 Å². The van der Waals surface area contributed by atoms with E-state index in [0.717, 1.165) is 31.7 Å². The zero-order valence-electron chi connectivity index (χ0n) is 19.9. The van der Waals surface area contributed by atoms with Gasteiger partial charge >= 0.3 is 11.7 Å². The van der Waals surface area contributed by atoms with Crippen LogP contribution in [0.4, 0.5) is 10.6 Å². The van der Waals surface area contributed by atoms with E-state index < -0.39 is 5.69 Å². The van der Waals surface area contributed by atoms with Gasteiger partial charge in [0.1, 0.15) is 5.82 Å². The molecular formula is C25H35N7O2. The summed E-state index contributed by atoms with van der Waals surface area (Å²) >= 11 is 0. The monoisotopic (exact) mass is 465 g/mol. The molecule has 1 saturated carbocycles. The van der Waals surface area contributed by atoms with E-state index in [1.54, 1.807) is 17.2 Å². The van der Waals surface area contributed by atoms with Crippen LogP contribution < -0.4 is 22.1 Å². The number of rotatable bonds is 5. The average Bonchev–Trinajstić information content (AvgIpc) is 3.26. The van der Waals surface area contributed by atoms with Crippen molar-refractivity contribution in [3.05, 3.63) is 52.6 Å². The standard InChI is InChI=1S/C25H35N7O2/c1-18(31-11-7-25(17-31)15-20(26)16-25)14-19-2-4-21(5-3-19)32-10-6-22(29-24(32)34)28-23(33)30-12-8-27-9-13-30/h2-6,10,18,20,27H,7-9,11-17,26H2,1H3,(H,28,29,33,34). The first-order chi connectivity index (χ1) is 16.4. The lowest BCUT2D eigenvalue weighted by molar-refractivity contribution is 0.102. The predicted molar refractivity (Wildman–Crippen MR) is 132 cm³/mol. The lowest BCUT2D eigenvalue weighted by Crippen LogP contribution is -2.48. The molecule has 9 heteroatoms. The van der Waals surface area contributed by atoms with Gasteiger partial charge in [-0.25, -0.2) is 9.59 Å². The second kappa shape index (κ2) is 9.48. The number of aromatic nitrogens is 2. The van der Waals surface area contributed by atoms with Crippen molar-refractivity contribution in [2.75, 3.05) is 44.6 Å². The van der Waals surface area contributed by atoms with Crippen molar-refractivity contribution in [1.29, 1.82) is 0 Å². The number of piperazine rings is 1. The lowest BCUT2D eigenvalue weighted by atomic mass is 9.65. The SMILES string of the molecule is CC(Cc1ccc(-n2ccc(NC(=O)N3CCNCC3)nc2=O)cc1)N1CCC2(CC(N)C2)C1. The Kier molecular flexibility index (Phi) is 6.42. The Bertz CT molecular complexity index is 1070. The van der Waals surface area contributed by atoms with Crippen molar-refractivity contribution in [2.24, 2.45) is 11.1 Å². The minimum absolute atomic E-state index is 0.228. The van der Waals surface area contributed by atoms with Gasteiger partial charge < -0.3 is 16.0 Å². The second-order valence-electron chi connectivity index (χ2n) is 10.2. The molecule has 1 spiro atoms. The number of hydrogen-bond acceptors (Lipinski definition) is 6. The van der Waals surface area contributed by atoms with Crippen LogP contribution in [-0.2, 0) is 6.42 Å². The van der Waals surface area contributed by atoms with Gasteiger partial charge in [0.05, 0.1) is 5.69 Å². The normalized spacial score (nSPS) is 25.8. The Morgan fingerprint density at radius 1 is 1.21 bits per heavy atom. The predicted octanol–water partition coefficient (Wildman–Crippen LogP) is 1.41. The highest BCUT2D eigenvalue weighted by molar-refractivity contribution is 5.88. The quantitative estimate of drug-likeness (QED) is 0.616. The summed E-state index contributed by atoms with van der Waals surface area (Å²) in [4.78, 5) is 33.3. The molecule has 1 aliphatic carbocycles. The molecular weight excluding hydrogens is 430 g/mol. The maximum atomic E-state index is 12.6. The van der Waals surface area contributed by atoms with E-state index in [1.165, 1.54) is 35.9 Å². The van der Waals surface area contributed by atoms with Crippen LogP contribution in [0.1, 0.15) is 31.7 Å². The number of carbonyl (C=O) groups excluding carboxylic acids is 1. The Morgan fingerprint density at radius 3 is 2.62 bits per heavy atom. The van der Waals surface area contributed by atoms with Gasteiger partial charge in [0, 0.05) is 51.0 Å². The summed E-state index contributed by atoms with van der Waals surface area (Å²) < 4.78 is 1.50. The van der Waals surface area contributed by atoms with Gasteiger partial charge in [0.2, 0.25) is 0 Å². The fraction of sp³-hybridized carbons (Fsp3) is 0.560. The Hall–Kier alpha value is -2.75. The van der Waals surface area contributed by atoms with E-state index in [1.807, 2.05) is 12.1 Å². The van der Waals surface area contributed by atoms with E-state index in [0.29, 0.717) is 30.6 Å². The topological polar surface area (TPSA) is 109 Å². The third-order valence-corrected chi connectivity index (χ3v) is 7.67. The molecule has 3 heterocycles. The molecule has 1 atom stereocenters. The van der Waals surface area contributed by atoms with Crippen LogP contribution in [0.5, 0.6) is 0 Å². The molecule has 9 nitrogen and oxygen atoms in total. The summed E-state index contributed by atoms with van der Waals surface area (Å²) in [5.74, 6) is 0.269. The largest absolute Gasteiger partial charge is 0.354 e. The zero-order valence-corrected chi connectivity index (χ0v) is 19.9. The number of anilines is 1. The summed E-state index contributed by atoms with van der Waals surface area (Å²) in [6.45, 7) is 7.44. The van der Waals surface area contributed by atoms with Gasteiger partial charge in [-0.15, -0.1) is 0 Å². The number of nitrogens with one attached hydrogen (secondary N) is 2. The number of hydrogen-bond donors (Lipinski definition) is 3. The fourth-order valence-corrected chi connectivity index (χ4v) is 5.72. The highest BCUT2D eigenvalue weighted by Crippen LogP contribution is 2.47. The van der Waals surface area contributed by atoms with Gasteiger partial charge in [-0.3, -0.25) is 14.8 Å². The molecule has 1 aromatic heterocycles. The Labute approximate surface area is 200 Å². The number of benzene rings is 1. The van der Waals surface area contributed by atoms with Crippen molar-refractivity contribution < 1.29 is 4.79 Å². The highest BCUT2D eigenvalue weighted by Gasteiger charge is 2.47. The van der Waals surface area contributed by atoms with Crippen LogP contribution in [0.25, 0.3) is 5.69 Å². The van der Waals surface area contributed by atoms with E-state index >= 15 is 0 Å². The zero-order chi connectivity index (χ0) is 23.7. The fourth-order valence-electron chi connectivity index (χ4n) is 5.72. The first kappa shape index (κ1) is 23.0. The molecule has 2 saturated heterocycles. The van der Waals surface area contributed by atoms with Crippen LogP contribution in [0.3, 0.4) is 0 Å². The van der Waals surface area contributed by atoms with Crippen LogP contribution in [-0.4, -0.2) is 76.7 Å². The molecule has 2 aliphatic heterocycles. The molecule has 3 fully saturated rings. The van der Waals surface area contributed by atoms with Crippen molar-refractivity contribution in [3.8, 4) is 5.69 Å². The molecule has 4 N–H and O–H groups in total. The number of amides is 2. The van der Waals surface area contributed by atoms with Crippen molar-refractivity contribution in [3.63, 3.8) is 0 Å². The minimum atomic E-state index is -0.416. The molecule has 0 radical (unpaired) electrons. The molecule has 2 amide bonds. The summed E-state index contributed by atoms with van der Waals surface area (Å²) in [7, 11) is 0.